The Kier molecular flexibility index (Phi) is 3.41. The Morgan fingerprint density at radius 3 is 2.31 bits per heavy atom. The largest absolute Gasteiger partial charge is 0.166 e. The van der Waals surface area contributed by atoms with Crippen molar-refractivity contribution in [2.24, 2.45) is 10.2 Å². The molecule has 0 aliphatic carbocycles. The second-order valence-corrected chi connectivity index (χ2v) is 2.82. The van der Waals surface area contributed by atoms with E-state index < -0.39 is 0 Å². The van der Waals surface area contributed by atoms with Gasteiger partial charge in [-0.05, 0) is 0 Å². The van der Waals surface area contributed by atoms with Crippen LogP contribution >= 0.6 is 11.6 Å². The Hall–Kier alpha value is -1.41. The van der Waals surface area contributed by atoms with E-state index in [2.05, 4.69) is 23.5 Å². The number of hydrogen-bond donors (Lipinski definition) is 0. The van der Waals surface area contributed by atoms with Crippen LogP contribution in [0.15, 0.2) is 52.1 Å². The lowest BCUT2D eigenvalue weighted by Crippen LogP contribution is -1.98. The summed E-state index contributed by atoms with van der Waals surface area (Å²) in [6.45, 7) is 6.87. The van der Waals surface area contributed by atoms with Crippen LogP contribution < -0.4 is 0 Å². The lowest BCUT2D eigenvalue weighted by atomic mass is 10.1. The van der Waals surface area contributed by atoms with Gasteiger partial charge >= 0.3 is 0 Å². The van der Waals surface area contributed by atoms with Gasteiger partial charge in [0.1, 0.15) is 5.71 Å². The summed E-state index contributed by atoms with van der Waals surface area (Å²) >= 11 is 5.74. The van der Waals surface area contributed by atoms with Crippen molar-refractivity contribution < 1.29 is 0 Å². The standard InChI is InChI=1S/C10H9ClN2/c1-8(11)10(13-12-2)9-6-4-3-5-7-9/h3-7H,1-2H2. The summed E-state index contributed by atoms with van der Waals surface area (Å²) in [6, 6.07) is 9.48. The number of nitrogens with zero attached hydrogens (tertiary/aromatic N) is 2. The molecule has 0 radical (unpaired) electrons. The van der Waals surface area contributed by atoms with Crippen LogP contribution in [0.25, 0.3) is 0 Å². The predicted octanol–water partition coefficient (Wildman–Crippen LogP) is 2.84. The summed E-state index contributed by atoms with van der Waals surface area (Å²) in [4.78, 5) is 0. The van der Waals surface area contributed by atoms with Crippen LogP contribution in [-0.4, -0.2) is 12.4 Å². The number of rotatable bonds is 3. The smallest absolute Gasteiger partial charge is 0.111 e. The highest BCUT2D eigenvalue weighted by molar-refractivity contribution is 6.45. The van der Waals surface area contributed by atoms with Crippen LogP contribution in [0.3, 0.4) is 0 Å². The van der Waals surface area contributed by atoms with Crippen molar-refractivity contribution in [3.63, 3.8) is 0 Å². The van der Waals surface area contributed by atoms with Gasteiger partial charge in [0.05, 0.1) is 5.03 Å². The van der Waals surface area contributed by atoms with Crippen molar-refractivity contribution in [1.82, 2.24) is 0 Å². The summed E-state index contributed by atoms with van der Waals surface area (Å²) in [7, 11) is 0. The van der Waals surface area contributed by atoms with Crippen LogP contribution in [-0.2, 0) is 0 Å². The van der Waals surface area contributed by atoms with E-state index in [1.807, 2.05) is 30.3 Å². The number of allylic oxidation sites excluding steroid dienone is 1. The maximum atomic E-state index is 5.74. The van der Waals surface area contributed by atoms with Crippen molar-refractivity contribution in [3.8, 4) is 0 Å². The minimum atomic E-state index is 0.360. The van der Waals surface area contributed by atoms with Crippen LogP contribution in [0.5, 0.6) is 0 Å². The molecule has 0 amide bonds. The zero-order valence-corrected chi connectivity index (χ0v) is 7.83. The van der Waals surface area contributed by atoms with E-state index in [1.54, 1.807) is 0 Å². The van der Waals surface area contributed by atoms with Gasteiger partial charge in [-0.25, -0.2) is 0 Å². The first kappa shape index (κ1) is 9.68. The summed E-state index contributed by atoms with van der Waals surface area (Å²) in [5.74, 6) is 0. The van der Waals surface area contributed by atoms with Crippen molar-refractivity contribution in [1.29, 1.82) is 0 Å². The Bertz CT molecular complexity index is 341. The van der Waals surface area contributed by atoms with Gasteiger partial charge < -0.3 is 0 Å². The summed E-state index contributed by atoms with van der Waals surface area (Å²) in [6.07, 6.45) is 0. The molecule has 0 aliphatic heterocycles. The molecule has 0 saturated heterocycles. The van der Waals surface area contributed by atoms with Crippen molar-refractivity contribution in [2.75, 3.05) is 0 Å². The molecule has 1 aromatic rings. The van der Waals surface area contributed by atoms with Crippen LogP contribution in [0, 0.1) is 0 Å². The van der Waals surface area contributed by atoms with E-state index in [-0.39, 0.29) is 0 Å². The molecular formula is C10H9ClN2. The summed E-state index contributed by atoms with van der Waals surface area (Å²) in [5, 5.41) is 7.58. The minimum absolute atomic E-state index is 0.360. The first-order valence-electron chi connectivity index (χ1n) is 3.69. The highest BCUT2D eigenvalue weighted by atomic mass is 35.5. The number of hydrogen-bond acceptors (Lipinski definition) is 2. The SMILES string of the molecule is C=NN=C(C(=C)Cl)c1ccccc1. The van der Waals surface area contributed by atoms with E-state index in [4.69, 9.17) is 11.6 Å². The van der Waals surface area contributed by atoms with Crippen LogP contribution in [0.2, 0.25) is 0 Å². The third-order valence-electron chi connectivity index (χ3n) is 1.47. The zero-order chi connectivity index (χ0) is 9.68. The lowest BCUT2D eigenvalue weighted by Gasteiger charge is -2.00. The fourth-order valence-electron chi connectivity index (χ4n) is 0.935. The second kappa shape index (κ2) is 4.58. The van der Waals surface area contributed by atoms with Gasteiger partial charge in [0, 0.05) is 12.3 Å². The van der Waals surface area contributed by atoms with Gasteiger partial charge in [0.25, 0.3) is 0 Å². The van der Waals surface area contributed by atoms with E-state index in [0.29, 0.717) is 10.7 Å². The maximum absolute atomic E-state index is 5.74. The minimum Gasteiger partial charge on any atom is -0.166 e. The Labute approximate surface area is 82.3 Å². The molecule has 0 heterocycles. The van der Waals surface area contributed by atoms with E-state index in [0.717, 1.165) is 5.56 Å². The average molecular weight is 193 g/mol. The highest BCUT2D eigenvalue weighted by Crippen LogP contribution is 2.11. The molecule has 2 nitrogen and oxygen atoms in total. The van der Waals surface area contributed by atoms with Crippen LogP contribution in [0.1, 0.15) is 5.56 Å². The molecule has 13 heavy (non-hydrogen) atoms. The van der Waals surface area contributed by atoms with E-state index in [9.17, 15) is 0 Å². The number of halogens is 1. The second-order valence-electron chi connectivity index (χ2n) is 2.36. The molecular weight excluding hydrogens is 184 g/mol. The molecule has 0 bridgehead atoms. The van der Waals surface area contributed by atoms with E-state index in [1.165, 1.54) is 0 Å². The molecule has 0 fully saturated rings. The normalized spacial score (nSPS) is 11.0. The molecule has 0 unspecified atom stereocenters. The van der Waals surface area contributed by atoms with Gasteiger partial charge in [0.2, 0.25) is 0 Å². The fourth-order valence-corrected chi connectivity index (χ4v) is 1.08. The van der Waals surface area contributed by atoms with Gasteiger partial charge in [-0.15, -0.1) is 5.10 Å². The molecule has 3 heteroatoms. The molecule has 0 spiro atoms. The first-order chi connectivity index (χ1) is 6.25. The zero-order valence-electron chi connectivity index (χ0n) is 7.07. The van der Waals surface area contributed by atoms with Crippen molar-refractivity contribution >= 4 is 24.0 Å². The third-order valence-corrected chi connectivity index (χ3v) is 1.65. The van der Waals surface area contributed by atoms with Crippen molar-refractivity contribution in [3.05, 3.63) is 47.5 Å². The lowest BCUT2D eigenvalue weighted by molar-refractivity contribution is 1.26. The molecule has 0 atom stereocenters. The first-order valence-corrected chi connectivity index (χ1v) is 4.07. The van der Waals surface area contributed by atoms with Gasteiger partial charge in [-0.2, -0.15) is 5.10 Å². The summed E-state index contributed by atoms with van der Waals surface area (Å²) in [5.41, 5.74) is 1.44. The van der Waals surface area contributed by atoms with Gasteiger partial charge in [-0.3, -0.25) is 0 Å². The Morgan fingerprint density at radius 1 is 1.23 bits per heavy atom. The number of benzene rings is 1. The summed E-state index contributed by atoms with van der Waals surface area (Å²) < 4.78 is 0. The molecule has 0 aromatic heterocycles. The predicted molar refractivity (Wildman–Crippen MR) is 57.5 cm³/mol. The average Bonchev–Trinajstić information content (AvgIpc) is 2.15. The van der Waals surface area contributed by atoms with Gasteiger partial charge in [-0.1, -0.05) is 48.5 Å². The fraction of sp³-hybridized carbons (Fsp3) is 0. The molecule has 0 N–H and O–H groups in total. The topological polar surface area (TPSA) is 24.7 Å². The quantitative estimate of drug-likeness (QED) is 0.520. The maximum Gasteiger partial charge on any atom is 0.111 e. The molecule has 1 aromatic carbocycles. The third kappa shape index (κ3) is 2.53. The highest BCUT2D eigenvalue weighted by Gasteiger charge is 2.04. The Balaban J connectivity index is 3.10. The monoisotopic (exact) mass is 192 g/mol. The van der Waals surface area contributed by atoms with Crippen LogP contribution in [0.4, 0.5) is 0 Å². The molecule has 1 rings (SSSR count). The van der Waals surface area contributed by atoms with E-state index >= 15 is 0 Å². The molecule has 0 saturated carbocycles. The van der Waals surface area contributed by atoms with Crippen molar-refractivity contribution in [2.45, 2.75) is 0 Å². The Morgan fingerprint density at radius 2 is 1.85 bits per heavy atom. The molecule has 0 aliphatic rings. The molecule has 66 valence electrons. The van der Waals surface area contributed by atoms with Gasteiger partial charge in [0.15, 0.2) is 0 Å².